The summed E-state index contributed by atoms with van der Waals surface area (Å²) in [6.45, 7) is 0. The average Bonchev–Trinajstić information content (AvgIpc) is 3.84. The first-order chi connectivity index (χ1) is 25.5. The summed E-state index contributed by atoms with van der Waals surface area (Å²) in [5, 5.41) is 27.3. The summed E-state index contributed by atoms with van der Waals surface area (Å²) in [6.07, 6.45) is -0.917. The molecule has 270 valence electrons. The first kappa shape index (κ1) is 38.1. The number of carbonyl (C=O) groups is 4. The third-order valence-electron chi connectivity index (χ3n) is 7.53. The number of carboxylic acids is 2. The number of nitrogens with one attached hydrogen (secondary N) is 2. The smallest absolute Gasteiger partial charge is 0.305 e. The number of carboxylic acid groups (broad SMARTS) is 2. The number of aliphatic carboxylic acids is 2. The van der Waals surface area contributed by atoms with Gasteiger partial charge in [-0.2, -0.15) is 0 Å². The number of carbonyl (C=O) groups excluding carboxylic acids is 2. The summed E-state index contributed by atoms with van der Waals surface area (Å²) in [5.74, 6) is -5.18. The van der Waals surface area contributed by atoms with Crippen molar-refractivity contribution in [2.45, 2.75) is 24.9 Å². The van der Waals surface area contributed by atoms with Crippen molar-refractivity contribution in [3.63, 3.8) is 0 Å². The van der Waals surface area contributed by atoms with Crippen LogP contribution in [0.1, 0.15) is 57.0 Å². The van der Waals surface area contributed by atoms with Crippen molar-refractivity contribution in [1.82, 2.24) is 20.6 Å². The van der Waals surface area contributed by atoms with Crippen molar-refractivity contribution in [2.75, 3.05) is 0 Å². The quantitative estimate of drug-likeness (QED) is 0.0980. The Labute approximate surface area is 308 Å². The molecule has 2 atom stereocenters. The van der Waals surface area contributed by atoms with E-state index in [2.05, 4.69) is 20.6 Å². The van der Waals surface area contributed by atoms with E-state index < -0.39 is 66.1 Å². The number of amides is 2. The molecule has 0 aliphatic heterocycles. The van der Waals surface area contributed by atoms with Crippen molar-refractivity contribution in [2.24, 2.45) is 0 Å². The molecule has 2 aromatic heterocycles. The van der Waals surface area contributed by atoms with E-state index in [0.717, 1.165) is 16.9 Å². The molecule has 0 radical (unpaired) electrons. The van der Waals surface area contributed by atoms with Crippen LogP contribution in [0.3, 0.4) is 0 Å². The maximum Gasteiger partial charge on any atom is 0.305 e. The number of rotatable bonds is 12. The van der Waals surface area contributed by atoms with Crippen LogP contribution in [-0.2, 0) is 9.59 Å². The summed E-state index contributed by atoms with van der Waals surface area (Å²) < 4.78 is 41.9. The predicted octanol–water partition coefficient (Wildman–Crippen LogP) is 7.93. The molecule has 0 aliphatic carbocycles. The largest absolute Gasteiger partial charge is 0.481 e. The van der Waals surface area contributed by atoms with Crippen LogP contribution < -0.4 is 10.6 Å². The Morgan fingerprint density at radius 3 is 1.45 bits per heavy atom. The second-order valence-corrected chi connectivity index (χ2v) is 12.9. The minimum absolute atomic E-state index is 0.00461. The van der Waals surface area contributed by atoms with Crippen molar-refractivity contribution >= 4 is 46.4 Å². The molecular weight excluding hydrogens is 730 g/mol. The van der Waals surface area contributed by atoms with Crippen molar-refractivity contribution in [3.8, 4) is 21.1 Å². The topological polar surface area (TPSA) is 159 Å². The van der Waals surface area contributed by atoms with E-state index in [-0.39, 0.29) is 28.1 Å². The van der Waals surface area contributed by atoms with Gasteiger partial charge in [-0.15, -0.1) is 22.7 Å². The zero-order chi connectivity index (χ0) is 37.9. The van der Waals surface area contributed by atoms with Crippen LogP contribution in [-0.4, -0.2) is 43.9 Å². The van der Waals surface area contributed by atoms with E-state index in [9.17, 15) is 32.3 Å². The zero-order valence-electron chi connectivity index (χ0n) is 27.4. The Morgan fingerprint density at radius 1 is 0.566 bits per heavy atom. The van der Waals surface area contributed by atoms with Gasteiger partial charge in [-0.25, -0.2) is 23.1 Å². The van der Waals surface area contributed by atoms with Crippen LogP contribution >= 0.6 is 22.7 Å². The predicted molar refractivity (Wildman–Crippen MR) is 193 cm³/mol. The molecule has 0 spiro atoms. The number of aromatic nitrogens is 2. The van der Waals surface area contributed by atoms with Gasteiger partial charge in [0.15, 0.2) is 0 Å². The normalized spacial score (nSPS) is 11.8. The maximum atomic E-state index is 14.0. The number of nitrogens with zero attached hydrogens (tertiary/aromatic N) is 2. The van der Waals surface area contributed by atoms with Crippen LogP contribution in [0, 0.1) is 17.5 Å². The molecule has 2 heterocycles. The molecule has 0 bridgehead atoms. The number of hydrogen-bond donors (Lipinski definition) is 4. The van der Waals surface area contributed by atoms with E-state index in [1.165, 1.54) is 59.2 Å². The minimum atomic E-state index is -1.19. The van der Waals surface area contributed by atoms with Gasteiger partial charge < -0.3 is 20.8 Å². The molecule has 15 heteroatoms. The summed E-state index contributed by atoms with van der Waals surface area (Å²) >= 11 is 2.39. The summed E-state index contributed by atoms with van der Waals surface area (Å²) in [4.78, 5) is 55.6. The lowest BCUT2D eigenvalue weighted by atomic mass is 10.0. The van der Waals surface area contributed by atoms with Gasteiger partial charge in [-0.1, -0.05) is 78.9 Å². The van der Waals surface area contributed by atoms with E-state index in [0.29, 0.717) is 10.0 Å². The van der Waals surface area contributed by atoms with Gasteiger partial charge >= 0.3 is 11.9 Å². The molecular formula is C38H29F3N4O6S2. The molecule has 0 saturated heterocycles. The molecule has 0 unspecified atom stereocenters. The van der Waals surface area contributed by atoms with E-state index in [1.54, 1.807) is 35.7 Å². The maximum absolute atomic E-state index is 14.0. The third-order valence-corrected chi connectivity index (χ3v) is 9.29. The van der Waals surface area contributed by atoms with Crippen LogP contribution in [0.15, 0.2) is 114 Å². The number of benzene rings is 4. The summed E-state index contributed by atoms with van der Waals surface area (Å²) in [7, 11) is 0. The van der Waals surface area contributed by atoms with Gasteiger partial charge in [0, 0.05) is 33.0 Å². The first-order valence-corrected chi connectivity index (χ1v) is 17.5. The number of hydrogen-bond acceptors (Lipinski definition) is 8. The third kappa shape index (κ3) is 10.2. The van der Waals surface area contributed by atoms with Gasteiger partial charge in [0.05, 0.1) is 24.9 Å². The van der Waals surface area contributed by atoms with Crippen molar-refractivity contribution in [1.29, 1.82) is 0 Å². The van der Waals surface area contributed by atoms with Crippen LogP contribution in [0.25, 0.3) is 21.1 Å². The highest BCUT2D eigenvalue weighted by Gasteiger charge is 2.24. The first-order valence-electron chi connectivity index (χ1n) is 15.8. The Hall–Kier alpha value is -6.19. The summed E-state index contributed by atoms with van der Waals surface area (Å²) in [6, 6.07) is 24.8. The highest BCUT2D eigenvalue weighted by molar-refractivity contribution is 7.13. The van der Waals surface area contributed by atoms with E-state index in [4.69, 9.17) is 10.2 Å². The Bertz CT molecular complexity index is 2230. The molecule has 6 aromatic rings. The lowest BCUT2D eigenvalue weighted by Gasteiger charge is -2.17. The minimum Gasteiger partial charge on any atom is -0.481 e. The second kappa shape index (κ2) is 17.8. The second-order valence-electron chi connectivity index (χ2n) is 11.2. The van der Waals surface area contributed by atoms with Gasteiger partial charge in [-0.3, -0.25) is 19.2 Å². The molecule has 4 N–H and O–H groups in total. The fraction of sp³-hybridized carbons (Fsp3) is 0.105. The van der Waals surface area contributed by atoms with E-state index >= 15 is 0 Å². The Morgan fingerprint density at radius 2 is 0.981 bits per heavy atom. The SMILES string of the molecule is O=C(O)C[C@H](NC(=O)c1csc(-c2ccccc2)n1)c1ccccc1F.O=C(O)C[C@H](NC(=O)c1csc(-c2ccccc2F)n1)c1ccccc1F. The van der Waals surface area contributed by atoms with Crippen molar-refractivity contribution < 1.29 is 42.6 Å². The molecule has 10 nitrogen and oxygen atoms in total. The Kier molecular flexibility index (Phi) is 12.8. The summed E-state index contributed by atoms with van der Waals surface area (Å²) in [5.41, 5.74) is 1.51. The highest BCUT2D eigenvalue weighted by atomic mass is 32.1. The molecule has 0 fully saturated rings. The molecule has 0 aliphatic rings. The van der Waals surface area contributed by atoms with Gasteiger partial charge in [0.2, 0.25) is 0 Å². The lowest BCUT2D eigenvalue weighted by molar-refractivity contribution is -0.138. The molecule has 4 aromatic carbocycles. The van der Waals surface area contributed by atoms with Gasteiger partial charge in [-0.05, 0) is 24.3 Å². The number of thiazole rings is 2. The fourth-order valence-electron chi connectivity index (χ4n) is 5.03. The van der Waals surface area contributed by atoms with Crippen LogP contribution in [0.4, 0.5) is 13.2 Å². The van der Waals surface area contributed by atoms with E-state index in [1.807, 2.05) is 30.3 Å². The number of halogens is 3. The fourth-order valence-corrected chi connectivity index (χ4v) is 6.67. The monoisotopic (exact) mass is 758 g/mol. The highest BCUT2D eigenvalue weighted by Crippen LogP contribution is 2.28. The van der Waals surface area contributed by atoms with Crippen molar-refractivity contribution in [3.05, 3.63) is 154 Å². The van der Waals surface area contributed by atoms with Crippen LogP contribution in [0.5, 0.6) is 0 Å². The molecule has 2 amide bonds. The Balaban J connectivity index is 0.000000204. The van der Waals surface area contributed by atoms with Gasteiger partial charge in [0.1, 0.15) is 38.9 Å². The molecule has 53 heavy (non-hydrogen) atoms. The zero-order valence-corrected chi connectivity index (χ0v) is 29.0. The standard InChI is InChI=1S/C19H14F2N2O3S.C19H15FN2O3S/c20-13-7-3-1-5-11(13)15(9-17(24)25)22-18(26)16-10-27-19(23-16)12-6-2-4-8-14(12)21;20-14-9-5-4-8-13(14)15(10-17(23)24)21-18(25)16-11-26-19(22-16)12-6-2-1-3-7-12/h1-8,10,15H,9H2,(H,22,26)(H,24,25);1-9,11,15H,10H2,(H,21,25)(H,23,24)/t2*15-/m00/s1. The molecule has 6 rings (SSSR count). The van der Waals surface area contributed by atoms with Gasteiger partial charge in [0.25, 0.3) is 11.8 Å². The lowest BCUT2D eigenvalue weighted by Crippen LogP contribution is -2.31. The molecule has 0 saturated carbocycles. The average molecular weight is 759 g/mol. The van der Waals surface area contributed by atoms with Crippen LogP contribution in [0.2, 0.25) is 0 Å².